The van der Waals surface area contributed by atoms with Crippen molar-refractivity contribution in [2.75, 3.05) is 13.1 Å². The van der Waals surface area contributed by atoms with Crippen LogP contribution in [0.1, 0.15) is 18.5 Å². The summed E-state index contributed by atoms with van der Waals surface area (Å²) in [7, 11) is 0. The van der Waals surface area contributed by atoms with E-state index in [2.05, 4.69) is 15.6 Å². The first-order valence-corrected chi connectivity index (χ1v) is 8.67. The fourth-order valence-electron chi connectivity index (χ4n) is 2.54. The highest BCUT2D eigenvalue weighted by Gasteiger charge is 2.15. The summed E-state index contributed by atoms with van der Waals surface area (Å²) in [5, 5.41) is 9.79. The second kappa shape index (κ2) is 7.22. The monoisotopic (exact) mass is 335 g/mol. The number of nitrogens with zero attached hydrogens (tertiary/aromatic N) is 1. The van der Waals surface area contributed by atoms with E-state index in [0.717, 1.165) is 29.2 Å². The van der Waals surface area contributed by atoms with Gasteiger partial charge in [0.15, 0.2) is 0 Å². The number of thiazole rings is 1. The number of amides is 1. The van der Waals surface area contributed by atoms with Crippen molar-refractivity contribution in [3.8, 4) is 10.6 Å². The molecular formula is C16H18ClN3OS. The predicted molar refractivity (Wildman–Crippen MR) is 90.3 cm³/mol. The molecule has 1 fully saturated rings. The summed E-state index contributed by atoms with van der Waals surface area (Å²) < 4.78 is 0. The minimum Gasteiger partial charge on any atom is -0.354 e. The van der Waals surface area contributed by atoms with Crippen LogP contribution in [0.25, 0.3) is 10.6 Å². The van der Waals surface area contributed by atoms with Crippen LogP contribution < -0.4 is 10.6 Å². The van der Waals surface area contributed by atoms with Crippen molar-refractivity contribution in [3.63, 3.8) is 0 Å². The molecule has 6 heteroatoms. The molecule has 4 nitrogen and oxygen atoms in total. The fourth-order valence-corrected chi connectivity index (χ4v) is 3.68. The molecule has 0 radical (unpaired) electrons. The number of nitrogens with one attached hydrogen (secondary N) is 2. The molecule has 3 rings (SSSR count). The number of halogens is 1. The van der Waals surface area contributed by atoms with Gasteiger partial charge in [-0.15, -0.1) is 11.3 Å². The number of carbonyl (C=O) groups is 1. The minimum atomic E-state index is 0.0182. The summed E-state index contributed by atoms with van der Waals surface area (Å²) in [6.07, 6.45) is 2.63. The summed E-state index contributed by atoms with van der Waals surface area (Å²) in [4.78, 5) is 16.5. The molecule has 1 aliphatic rings. The molecule has 1 saturated heterocycles. The van der Waals surface area contributed by atoms with Gasteiger partial charge >= 0.3 is 0 Å². The molecule has 22 heavy (non-hydrogen) atoms. The lowest BCUT2D eigenvalue weighted by atomic mass is 10.2. The van der Waals surface area contributed by atoms with Gasteiger partial charge in [0.1, 0.15) is 5.01 Å². The SMILES string of the molecule is O=C(Cc1csc(-c2ccccc2Cl)n1)NCC1CCCN1. The van der Waals surface area contributed by atoms with Crippen LogP contribution in [0.3, 0.4) is 0 Å². The van der Waals surface area contributed by atoms with Crippen molar-refractivity contribution in [2.45, 2.75) is 25.3 Å². The van der Waals surface area contributed by atoms with Crippen molar-refractivity contribution in [1.29, 1.82) is 0 Å². The van der Waals surface area contributed by atoms with Gasteiger partial charge in [0.2, 0.25) is 5.91 Å². The fraction of sp³-hybridized carbons (Fsp3) is 0.375. The average Bonchev–Trinajstić information content (AvgIpc) is 3.17. The van der Waals surface area contributed by atoms with Crippen molar-refractivity contribution in [1.82, 2.24) is 15.6 Å². The molecule has 2 heterocycles. The Kier molecular flexibility index (Phi) is 5.08. The number of hydrogen-bond donors (Lipinski definition) is 2. The molecule has 1 aromatic carbocycles. The largest absolute Gasteiger partial charge is 0.354 e. The molecule has 0 aliphatic carbocycles. The van der Waals surface area contributed by atoms with Gasteiger partial charge in [-0.3, -0.25) is 4.79 Å². The molecular weight excluding hydrogens is 318 g/mol. The second-order valence-corrected chi connectivity index (χ2v) is 6.66. The van der Waals surface area contributed by atoms with Gasteiger partial charge in [-0.05, 0) is 25.5 Å². The maximum absolute atomic E-state index is 12.0. The molecule has 1 aromatic heterocycles. The van der Waals surface area contributed by atoms with Crippen LogP contribution in [0.4, 0.5) is 0 Å². The number of aromatic nitrogens is 1. The van der Waals surface area contributed by atoms with Crippen LogP contribution in [0.15, 0.2) is 29.6 Å². The summed E-state index contributed by atoms with van der Waals surface area (Å²) in [6.45, 7) is 1.74. The molecule has 1 atom stereocenters. The van der Waals surface area contributed by atoms with E-state index in [1.54, 1.807) is 0 Å². The Morgan fingerprint density at radius 3 is 3.09 bits per heavy atom. The zero-order valence-corrected chi connectivity index (χ0v) is 13.7. The molecule has 1 aliphatic heterocycles. The second-order valence-electron chi connectivity index (χ2n) is 5.40. The molecule has 116 valence electrons. The lowest BCUT2D eigenvalue weighted by Crippen LogP contribution is -2.37. The van der Waals surface area contributed by atoms with Crippen LogP contribution in [-0.4, -0.2) is 30.0 Å². The third-order valence-corrected chi connectivity index (χ3v) is 4.96. The first-order valence-electron chi connectivity index (χ1n) is 7.42. The highest BCUT2D eigenvalue weighted by atomic mass is 35.5. The first-order chi connectivity index (χ1) is 10.7. The van der Waals surface area contributed by atoms with Crippen molar-refractivity contribution in [2.24, 2.45) is 0 Å². The minimum absolute atomic E-state index is 0.0182. The molecule has 0 saturated carbocycles. The van der Waals surface area contributed by atoms with Crippen molar-refractivity contribution in [3.05, 3.63) is 40.4 Å². The van der Waals surface area contributed by atoms with E-state index < -0.39 is 0 Å². The van der Waals surface area contributed by atoms with Gasteiger partial charge in [-0.1, -0.05) is 29.8 Å². The van der Waals surface area contributed by atoms with Crippen molar-refractivity contribution < 1.29 is 4.79 Å². The third kappa shape index (κ3) is 3.85. The van der Waals surface area contributed by atoms with Crippen molar-refractivity contribution >= 4 is 28.8 Å². The van der Waals surface area contributed by atoms with E-state index in [4.69, 9.17) is 11.6 Å². The summed E-state index contributed by atoms with van der Waals surface area (Å²) >= 11 is 7.69. The van der Waals surface area contributed by atoms with E-state index >= 15 is 0 Å². The third-order valence-electron chi connectivity index (χ3n) is 3.71. The Morgan fingerprint density at radius 2 is 2.32 bits per heavy atom. The van der Waals surface area contributed by atoms with Crippen LogP contribution in [0, 0.1) is 0 Å². The van der Waals surface area contributed by atoms with Crippen LogP contribution in [-0.2, 0) is 11.2 Å². The average molecular weight is 336 g/mol. The summed E-state index contributed by atoms with van der Waals surface area (Å²) in [5.74, 6) is 0.0182. The standard InChI is InChI=1S/C16H18ClN3OS/c17-14-6-2-1-5-13(14)16-20-12(10-22-16)8-15(21)19-9-11-4-3-7-18-11/h1-2,5-6,10-11,18H,3-4,7-9H2,(H,19,21). The molecule has 0 bridgehead atoms. The lowest BCUT2D eigenvalue weighted by molar-refractivity contribution is -0.120. The maximum Gasteiger partial charge on any atom is 0.226 e. The normalized spacial score (nSPS) is 17.6. The molecule has 0 spiro atoms. The Morgan fingerprint density at radius 1 is 1.45 bits per heavy atom. The lowest BCUT2D eigenvalue weighted by Gasteiger charge is -2.10. The highest BCUT2D eigenvalue weighted by Crippen LogP contribution is 2.30. The maximum atomic E-state index is 12.0. The van der Waals surface area contributed by atoms with E-state index in [1.165, 1.54) is 17.8 Å². The van der Waals surface area contributed by atoms with E-state index in [-0.39, 0.29) is 5.91 Å². The number of rotatable bonds is 5. The molecule has 1 amide bonds. The Hall–Kier alpha value is -1.43. The van der Waals surface area contributed by atoms with E-state index in [1.807, 2.05) is 29.6 Å². The number of benzene rings is 1. The summed E-state index contributed by atoms with van der Waals surface area (Å²) in [5.41, 5.74) is 1.70. The molecule has 2 N–H and O–H groups in total. The van der Waals surface area contributed by atoms with Crippen LogP contribution in [0.5, 0.6) is 0 Å². The van der Waals surface area contributed by atoms with Gasteiger partial charge < -0.3 is 10.6 Å². The topological polar surface area (TPSA) is 54.0 Å². The molecule has 1 unspecified atom stereocenters. The Balaban J connectivity index is 1.57. The van der Waals surface area contributed by atoms with Gasteiger partial charge in [-0.2, -0.15) is 0 Å². The number of carbonyl (C=O) groups excluding carboxylic acids is 1. The van der Waals surface area contributed by atoms with Gasteiger partial charge in [0, 0.05) is 23.5 Å². The predicted octanol–water partition coefficient (Wildman–Crippen LogP) is 2.87. The van der Waals surface area contributed by atoms with E-state index in [9.17, 15) is 4.79 Å². The first kappa shape index (κ1) is 15.5. The zero-order chi connectivity index (χ0) is 15.4. The summed E-state index contributed by atoms with van der Waals surface area (Å²) in [6, 6.07) is 8.03. The zero-order valence-electron chi connectivity index (χ0n) is 12.1. The van der Waals surface area contributed by atoms with E-state index in [0.29, 0.717) is 24.0 Å². The van der Waals surface area contributed by atoms with Crippen LogP contribution in [0.2, 0.25) is 5.02 Å². The Bertz CT molecular complexity index is 652. The quantitative estimate of drug-likeness (QED) is 0.883. The smallest absolute Gasteiger partial charge is 0.226 e. The molecule has 2 aromatic rings. The van der Waals surface area contributed by atoms with Gasteiger partial charge in [0.25, 0.3) is 0 Å². The highest BCUT2D eigenvalue weighted by molar-refractivity contribution is 7.13. The van der Waals surface area contributed by atoms with Gasteiger partial charge in [0.05, 0.1) is 17.1 Å². The van der Waals surface area contributed by atoms with Crippen LogP contribution >= 0.6 is 22.9 Å². The van der Waals surface area contributed by atoms with Gasteiger partial charge in [-0.25, -0.2) is 4.98 Å². The Labute approximate surface area is 138 Å². The number of hydrogen-bond acceptors (Lipinski definition) is 4.